The maximum Gasteiger partial charge on any atom is 0.408 e. The van der Waals surface area contributed by atoms with Crippen LogP contribution in [0.4, 0.5) is 4.79 Å². The van der Waals surface area contributed by atoms with Gasteiger partial charge < -0.3 is 19.8 Å². The van der Waals surface area contributed by atoms with Crippen LogP contribution in [0.5, 0.6) is 0 Å². The maximum atomic E-state index is 12.8. The number of esters is 1. The molecule has 0 radical (unpaired) electrons. The third-order valence-corrected chi connectivity index (χ3v) is 4.62. The molecule has 0 aliphatic heterocycles. The minimum atomic E-state index is -0.897. The molecule has 2 aromatic carbocycles. The van der Waals surface area contributed by atoms with Gasteiger partial charge in [0, 0.05) is 28.5 Å². The number of para-hydroxylation sites is 1. The molecule has 30 heavy (non-hydrogen) atoms. The van der Waals surface area contributed by atoms with E-state index in [2.05, 4.69) is 10.3 Å². The van der Waals surface area contributed by atoms with Gasteiger partial charge in [-0.25, -0.2) is 9.59 Å². The van der Waals surface area contributed by atoms with Gasteiger partial charge in [-0.2, -0.15) is 0 Å². The molecule has 0 aliphatic rings. The number of hydrogen-bond acceptors (Lipinski definition) is 4. The van der Waals surface area contributed by atoms with E-state index in [-0.39, 0.29) is 13.0 Å². The van der Waals surface area contributed by atoms with Crippen molar-refractivity contribution >= 4 is 34.6 Å². The monoisotopic (exact) mass is 428 g/mol. The lowest BCUT2D eigenvalue weighted by Gasteiger charge is -2.23. The van der Waals surface area contributed by atoms with Crippen LogP contribution in [0.25, 0.3) is 10.9 Å². The van der Waals surface area contributed by atoms with Crippen molar-refractivity contribution < 1.29 is 19.1 Å². The van der Waals surface area contributed by atoms with Crippen LogP contribution in [0.3, 0.4) is 0 Å². The number of rotatable bonds is 6. The van der Waals surface area contributed by atoms with Gasteiger partial charge in [-0.3, -0.25) is 0 Å². The maximum absolute atomic E-state index is 12.8. The van der Waals surface area contributed by atoms with Gasteiger partial charge in [0.25, 0.3) is 0 Å². The van der Waals surface area contributed by atoms with Gasteiger partial charge in [-0.05, 0) is 50.1 Å². The summed E-state index contributed by atoms with van der Waals surface area (Å²) in [6, 6.07) is 13.9. The molecule has 7 heteroatoms. The highest BCUT2D eigenvalue weighted by atomic mass is 35.5. The zero-order chi connectivity index (χ0) is 21.7. The highest BCUT2D eigenvalue weighted by molar-refractivity contribution is 6.30. The number of fused-ring (bicyclic) bond motifs is 1. The molecular weight excluding hydrogens is 404 g/mol. The molecule has 3 aromatic rings. The number of ether oxygens (including phenoxy) is 2. The van der Waals surface area contributed by atoms with Gasteiger partial charge in [0.05, 0.1) is 0 Å². The van der Waals surface area contributed by atoms with Crippen LogP contribution in [0, 0.1) is 0 Å². The first-order valence-corrected chi connectivity index (χ1v) is 10.0. The van der Waals surface area contributed by atoms with Crippen LogP contribution >= 0.6 is 11.6 Å². The lowest BCUT2D eigenvalue weighted by atomic mass is 10.1. The number of halogens is 1. The molecule has 3 rings (SSSR count). The Morgan fingerprint density at radius 1 is 1.10 bits per heavy atom. The molecule has 1 atom stereocenters. The molecule has 0 bridgehead atoms. The van der Waals surface area contributed by atoms with E-state index in [9.17, 15) is 9.59 Å². The second-order valence-corrected chi connectivity index (χ2v) is 8.43. The molecule has 158 valence electrons. The highest BCUT2D eigenvalue weighted by Gasteiger charge is 2.27. The van der Waals surface area contributed by atoms with Gasteiger partial charge in [-0.15, -0.1) is 0 Å². The molecule has 6 nitrogen and oxygen atoms in total. The fraction of sp³-hybridized carbons (Fsp3) is 0.304. The normalized spacial score (nSPS) is 12.4. The van der Waals surface area contributed by atoms with Crippen molar-refractivity contribution in [2.75, 3.05) is 0 Å². The standard InChI is InChI=1S/C23H25ClN2O4/c1-23(2,3)30-22(28)26-20(12-16-13-25-19-7-5-4-6-18(16)19)21(27)29-14-15-8-10-17(24)11-9-15/h4-11,13,20,25H,12,14H2,1-3H3,(H,26,28)/t20-/m0/s1. The first kappa shape index (κ1) is 21.7. The van der Waals surface area contributed by atoms with Crippen LogP contribution in [-0.2, 0) is 27.3 Å². The minimum Gasteiger partial charge on any atom is -0.459 e. The summed E-state index contributed by atoms with van der Waals surface area (Å²) in [5, 5.41) is 4.24. The van der Waals surface area contributed by atoms with Gasteiger partial charge in [0.2, 0.25) is 0 Å². The molecule has 2 N–H and O–H groups in total. The molecule has 0 fully saturated rings. The topological polar surface area (TPSA) is 80.4 Å². The fourth-order valence-electron chi connectivity index (χ4n) is 3.00. The van der Waals surface area contributed by atoms with E-state index < -0.39 is 23.7 Å². The zero-order valence-corrected chi connectivity index (χ0v) is 18.0. The molecular formula is C23H25ClN2O4. The van der Waals surface area contributed by atoms with Crippen molar-refractivity contribution in [2.24, 2.45) is 0 Å². The summed E-state index contributed by atoms with van der Waals surface area (Å²) >= 11 is 5.89. The smallest absolute Gasteiger partial charge is 0.408 e. The number of alkyl carbamates (subject to hydrolysis) is 1. The largest absolute Gasteiger partial charge is 0.459 e. The second-order valence-electron chi connectivity index (χ2n) is 8.00. The summed E-state index contributed by atoms with van der Waals surface area (Å²) in [5.74, 6) is -0.541. The Morgan fingerprint density at radius 3 is 2.50 bits per heavy atom. The first-order chi connectivity index (χ1) is 14.2. The Labute approximate surface area is 180 Å². The van der Waals surface area contributed by atoms with E-state index in [1.807, 2.05) is 30.5 Å². The minimum absolute atomic E-state index is 0.0797. The number of aromatic amines is 1. The Hall–Kier alpha value is -2.99. The number of carbonyl (C=O) groups is 2. The molecule has 1 heterocycles. The quantitative estimate of drug-likeness (QED) is 0.541. The van der Waals surface area contributed by atoms with Gasteiger partial charge in [0.1, 0.15) is 18.2 Å². The van der Waals surface area contributed by atoms with E-state index in [0.717, 1.165) is 22.0 Å². The summed E-state index contributed by atoms with van der Waals surface area (Å²) in [4.78, 5) is 28.3. The summed E-state index contributed by atoms with van der Waals surface area (Å²) in [7, 11) is 0. The van der Waals surface area contributed by atoms with Crippen LogP contribution < -0.4 is 5.32 Å². The van der Waals surface area contributed by atoms with Crippen molar-refractivity contribution in [3.8, 4) is 0 Å². The van der Waals surface area contributed by atoms with E-state index in [0.29, 0.717) is 5.02 Å². The Morgan fingerprint density at radius 2 is 1.80 bits per heavy atom. The number of benzene rings is 2. The Kier molecular flexibility index (Phi) is 6.67. The van der Waals surface area contributed by atoms with Gasteiger partial charge in [-0.1, -0.05) is 41.9 Å². The molecule has 0 unspecified atom stereocenters. The molecule has 1 aromatic heterocycles. The molecule has 0 spiro atoms. The van der Waals surface area contributed by atoms with Crippen LogP contribution in [0.2, 0.25) is 5.02 Å². The number of aromatic nitrogens is 1. The van der Waals surface area contributed by atoms with Gasteiger partial charge in [0.15, 0.2) is 0 Å². The van der Waals surface area contributed by atoms with Crippen molar-refractivity contribution in [2.45, 2.75) is 45.4 Å². The third-order valence-electron chi connectivity index (χ3n) is 4.37. The number of hydrogen-bond donors (Lipinski definition) is 2. The number of amides is 1. The summed E-state index contributed by atoms with van der Waals surface area (Å²) in [5.41, 5.74) is 1.98. The van der Waals surface area contributed by atoms with Crippen molar-refractivity contribution in [3.05, 3.63) is 70.9 Å². The predicted octanol–water partition coefficient (Wildman–Crippen LogP) is 5.00. The van der Waals surface area contributed by atoms with Crippen molar-refractivity contribution in [1.29, 1.82) is 0 Å². The molecule has 0 saturated heterocycles. The fourth-order valence-corrected chi connectivity index (χ4v) is 3.13. The average molecular weight is 429 g/mol. The number of nitrogens with one attached hydrogen (secondary N) is 2. The number of carbonyl (C=O) groups excluding carboxylic acids is 2. The second kappa shape index (κ2) is 9.22. The molecule has 0 aliphatic carbocycles. The van der Waals surface area contributed by atoms with E-state index in [1.165, 1.54) is 0 Å². The van der Waals surface area contributed by atoms with Crippen molar-refractivity contribution in [3.63, 3.8) is 0 Å². The lowest BCUT2D eigenvalue weighted by molar-refractivity contribution is -0.147. The van der Waals surface area contributed by atoms with E-state index in [1.54, 1.807) is 45.0 Å². The van der Waals surface area contributed by atoms with Crippen molar-refractivity contribution in [1.82, 2.24) is 10.3 Å². The molecule has 1 amide bonds. The van der Waals surface area contributed by atoms with Gasteiger partial charge >= 0.3 is 12.1 Å². The average Bonchev–Trinajstić information content (AvgIpc) is 3.08. The SMILES string of the molecule is CC(C)(C)OC(=O)N[C@@H](Cc1c[nH]c2ccccc12)C(=O)OCc1ccc(Cl)cc1. The zero-order valence-electron chi connectivity index (χ0n) is 17.2. The summed E-state index contributed by atoms with van der Waals surface area (Å²) in [6.45, 7) is 5.37. The third kappa shape index (κ3) is 6.00. The number of H-pyrrole nitrogens is 1. The van der Waals surface area contributed by atoms with E-state index in [4.69, 9.17) is 21.1 Å². The summed E-state index contributed by atoms with van der Waals surface area (Å²) < 4.78 is 10.8. The van der Waals surface area contributed by atoms with Crippen LogP contribution in [0.1, 0.15) is 31.9 Å². The van der Waals surface area contributed by atoms with Crippen LogP contribution in [0.15, 0.2) is 54.7 Å². The Bertz CT molecular complexity index is 1020. The Balaban J connectivity index is 1.74. The van der Waals surface area contributed by atoms with Crippen LogP contribution in [-0.4, -0.2) is 28.7 Å². The lowest BCUT2D eigenvalue weighted by Crippen LogP contribution is -2.45. The molecule has 0 saturated carbocycles. The first-order valence-electron chi connectivity index (χ1n) is 9.67. The van der Waals surface area contributed by atoms with E-state index >= 15 is 0 Å². The highest BCUT2D eigenvalue weighted by Crippen LogP contribution is 2.20. The predicted molar refractivity (Wildman–Crippen MR) is 116 cm³/mol. The summed E-state index contributed by atoms with van der Waals surface area (Å²) in [6.07, 6.45) is 1.43.